The summed E-state index contributed by atoms with van der Waals surface area (Å²) in [5, 5.41) is 25.1. The van der Waals surface area contributed by atoms with E-state index in [1.54, 1.807) is 6.07 Å². The van der Waals surface area contributed by atoms with E-state index >= 15 is 0 Å². The van der Waals surface area contributed by atoms with Crippen molar-refractivity contribution in [2.45, 2.75) is 81.5 Å². The van der Waals surface area contributed by atoms with Crippen LogP contribution in [0.2, 0.25) is 0 Å². The van der Waals surface area contributed by atoms with Crippen LogP contribution in [0.15, 0.2) is 24.3 Å². The summed E-state index contributed by atoms with van der Waals surface area (Å²) in [6.07, 6.45) is 7.38. The van der Waals surface area contributed by atoms with Crippen molar-refractivity contribution in [3.63, 3.8) is 0 Å². The van der Waals surface area contributed by atoms with Gasteiger partial charge in [0.2, 0.25) is 0 Å². The van der Waals surface area contributed by atoms with Crippen LogP contribution in [0, 0.1) is 11.1 Å². The third-order valence-electron chi connectivity index (χ3n) is 8.82. The second kappa shape index (κ2) is 6.24. The van der Waals surface area contributed by atoms with Crippen LogP contribution in [0.3, 0.4) is 0 Å². The monoisotopic (exact) mass is 411 g/mol. The number of hydrogen-bond donors (Lipinski definition) is 1. The molecule has 2 bridgehead atoms. The summed E-state index contributed by atoms with van der Waals surface area (Å²) >= 11 is 0. The third kappa shape index (κ3) is 2.24. The first-order chi connectivity index (χ1) is 14.5. The Morgan fingerprint density at radius 2 is 2.17 bits per heavy atom. The van der Waals surface area contributed by atoms with Gasteiger partial charge in [0.1, 0.15) is 17.7 Å². The van der Waals surface area contributed by atoms with Gasteiger partial charge in [-0.05, 0) is 49.3 Å². The topological polar surface area (TPSA) is 61.8 Å². The van der Waals surface area contributed by atoms with Crippen molar-refractivity contribution < 1.29 is 19.2 Å². The summed E-state index contributed by atoms with van der Waals surface area (Å²) in [6, 6.07) is 3.66. The molecule has 2 heterocycles. The van der Waals surface area contributed by atoms with Crippen molar-refractivity contribution in [3.8, 4) is 11.5 Å². The number of hydroxylamine groups is 3. The first-order valence-electron chi connectivity index (χ1n) is 11.9. The normalized spacial score (nSPS) is 40.8. The maximum atomic E-state index is 14.4. The molecule has 1 unspecified atom stereocenters. The zero-order valence-corrected chi connectivity index (χ0v) is 18.0. The van der Waals surface area contributed by atoms with Crippen molar-refractivity contribution in [2.75, 3.05) is 19.7 Å². The maximum absolute atomic E-state index is 14.4. The van der Waals surface area contributed by atoms with E-state index in [1.165, 1.54) is 18.4 Å². The SMILES string of the molecule is C=C1CC[C@@]2(OCCCC)[C@H]3Cc4ccc(O)c5c4[C@@]2(CC[N+]3([O-])CC2CC2)[C@H]1O5. The van der Waals surface area contributed by atoms with Gasteiger partial charge in [0.05, 0.1) is 18.5 Å². The smallest absolute Gasteiger partial charge is 0.166 e. The fourth-order valence-corrected chi connectivity index (χ4v) is 7.33. The van der Waals surface area contributed by atoms with Gasteiger partial charge in [0, 0.05) is 30.9 Å². The number of aromatic hydroxyl groups is 1. The Bertz CT molecular complexity index is 911. The minimum atomic E-state index is -0.533. The van der Waals surface area contributed by atoms with E-state index in [0.717, 1.165) is 56.2 Å². The predicted octanol–water partition coefficient (Wildman–Crippen LogP) is 4.35. The van der Waals surface area contributed by atoms with E-state index in [9.17, 15) is 10.3 Å². The van der Waals surface area contributed by atoms with Crippen LogP contribution >= 0.6 is 0 Å². The number of quaternary nitrogens is 1. The Morgan fingerprint density at radius 3 is 2.93 bits per heavy atom. The lowest BCUT2D eigenvalue weighted by atomic mass is 9.48. The largest absolute Gasteiger partial charge is 0.632 e. The summed E-state index contributed by atoms with van der Waals surface area (Å²) in [7, 11) is 0. The van der Waals surface area contributed by atoms with Crippen LogP contribution in [-0.2, 0) is 16.6 Å². The van der Waals surface area contributed by atoms with E-state index in [0.29, 0.717) is 24.8 Å². The lowest BCUT2D eigenvalue weighted by Crippen LogP contribution is -2.80. The summed E-state index contributed by atoms with van der Waals surface area (Å²) in [5.41, 5.74) is 2.46. The van der Waals surface area contributed by atoms with E-state index in [-0.39, 0.29) is 22.5 Å². The van der Waals surface area contributed by atoms with E-state index in [2.05, 4.69) is 13.5 Å². The highest BCUT2D eigenvalue weighted by molar-refractivity contribution is 5.63. The Morgan fingerprint density at radius 1 is 1.33 bits per heavy atom. The number of phenolic OH excluding ortho intramolecular Hbond substituents is 1. The van der Waals surface area contributed by atoms with E-state index < -0.39 is 11.0 Å². The van der Waals surface area contributed by atoms with Gasteiger partial charge in [-0.1, -0.05) is 26.0 Å². The molecular formula is C25H33NO4. The Kier molecular flexibility index (Phi) is 3.98. The Labute approximate surface area is 178 Å². The number of ether oxygens (including phenoxy) is 2. The second-order valence-electron chi connectivity index (χ2n) is 10.4. The number of benzene rings is 1. The van der Waals surface area contributed by atoms with Crippen molar-refractivity contribution >= 4 is 0 Å². The summed E-state index contributed by atoms with van der Waals surface area (Å²) in [6.45, 7) is 8.58. The molecule has 5 aliphatic rings. The highest BCUT2D eigenvalue weighted by Gasteiger charge is 2.76. The van der Waals surface area contributed by atoms with Crippen molar-refractivity contribution in [1.29, 1.82) is 0 Å². The van der Waals surface area contributed by atoms with Crippen LogP contribution in [-0.4, -0.2) is 47.2 Å². The summed E-state index contributed by atoms with van der Waals surface area (Å²) < 4.78 is 13.3. The van der Waals surface area contributed by atoms with Crippen molar-refractivity contribution in [1.82, 2.24) is 0 Å². The molecule has 30 heavy (non-hydrogen) atoms. The van der Waals surface area contributed by atoms with E-state index in [4.69, 9.17) is 9.47 Å². The Balaban J connectivity index is 1.57. The number of rotatable bonds is 6. The molecule has 5 nitrogen and oxygen atoms in total. The molecule has 1 aromatic rings. The molecule has 2 aliphatic heterocycles. The van der Waals surface area contributed by atoms with Gasteiger partial charge < -0.3 is 24.4 Å². The molecule has 162 valence electrons. The van der Waals surface area contributed by atoms with Crippen LogP contribution in [0.25, 0.3) is 0 Å². The number of phenols is 1. The second-order valence-corrected chi connectivity index (χ2v) is 10.4. The molecule has 0 amide bonds. The fourth-order valence-electron chi connectivity index (χ4n) is 7.33. The standard InChI is InChI=1S/C25H33NO4/c1-3-4-13-29-25-10-9-16(2)23-24(25)11-12-26(28,15-17-5-6-17)20(25)14-18-7-8-19(27)22(30-23)21(18)24/h7-8,17,20,23,27H,2-6,9-15H2,1H3/t20-,23+,24+,25-,26?/m1/s1. The van der Waals surface area contributed by atoms with Gasteiger partial charge in [-0.15, -0.1) is 0 Å². The molecular weight excluding hydrogens is 378 g/mol. The van der Waals surface area contributed by atoms with Crippen LogP contribution in [0.5, 0.6) is 11.5 Å². The number of nitrogens with zero attached hydrogens (tertiary/aromatic N) is 1. The molecule has 5 atom stereocenters. The molecule has 6 rings (SSSR count). The van der Waals surface area contributed by atoms with Gasteiger partial charge in [-0.2, -0.15) is 0 Å². The average Bonchev–Trinajstić information content (AvgIpc) is 3.45. The number of hydrogen-bond acceptors (Lipinski definition) is 4. The van der Waals surface area contributed by atoms with Gasteiger partial charge in [0.15, 0.2) is 11.5 Å². The summed E-state index contributed by atoms with van der Waals surface area (Å²) in [5.74, 6) is 1.41. The minimum Gasteiger partial charge on any atom is -0.632 e. The molecule has 5 heteroatoms. The highest BCUT2D eigenvalue weighted by atomic mass is 16.6. The zero-order chi connectivity index (χ0) is 20.7. The quantitative estimate of drug-likeness (QED) is 0.327. The third-order valence-corrected chi connectivity index (χ3v) is 8.82. The highest BCUT2D eigenvalue weighted by Crippen LogP contribution is 2.68. The Hall–Kier alpha value is -1.56. The molecule has 1 spiro atoms. The van der Waals surface area contributed by atoms with Crippen molar-refractivity contribution in [3.05, 3.63) is 40.6 Å². The molecule has 1 aromatic carbocycles. The predicted molar refractivity (Wildman–Crippen MR) is 114 cm³/mol. The van der Waals surface area contributed by atoms with Gasteiger partial charge in [-0.25, -0.2) is 0 Å². The van der Waals surface area contributed by atoms with Crippen molar-refractivity contribution in [2.24, 2.45) is 5.92 Å². The lowest BCUT2D eigenvalue weighted by Gasteiger charge is -2.69. The molecule has 3 aliphatic carbocycles. The molecule has 1 N–H and O–H groups in total. The molecule has 0 aromatic heterocycles. The van der Waals surface area contributed by atoms with Crippen LogP contribution in [0.1, 0.15) is 63.0 Å². The minimum absolute atomic E-state index is 0.106. The molecule has 1 saturated heterocycles. The average molecular weight is 412 g/mol. The summed E-state index contributed by atoms with van der Waals surface area (Å²) in [4.78, 5) is 0. The van der Waals surface area contributed by atoms with Gasteiger partial charge in [-0.3, -0.25) is 0 Å². The number of piperidine rings is 1. The van der Waals surface area contributed by atoms with E-state index in [1.807, 2.05) is 6.07 Å². The molecule has 3 fully saturated rings. The number of unbranched alkanes of at least 4 members (excludes halogenated alkanes) is 1. The zero-order valence-electron chi connectivity index (χ0n) is 18.0. The van der Waals surface area contributed by atoms with Gasteiger partial charge >= 0.3 is 0 Å². The lowest BCUT2D eigenvalue weighted by molar-refractivity contribution is -0.924. The maximum Gasteiger partial charge on any atom is 0.166 e. The fraction of sp³-hybridized carbons (Fsp3) is 0.680. The van der Waals surface area contributed by atoms with Gasteiger partial charge in [0.25, 0.3) is 0 Å². The molecule has 2 saturated carbocycles. The first-order valence-corrected chi connectivity index (χ1v) is 11.9. The van der Waals surface area contributed by atoms with Crippen LogP contribution < -0.4 is 4.74 Å². The van der Waals surface area contributed by atoms with Crippen LogP contribution in [0.4, 0.5) is 0 Å². The molecule has 0 radical (unpaired) electrons. The first kappa shape index (κ1) is 19.1. The number of likely N-dealkylation sites (tertiary alicyclic amines) is 1.